The quantitative estimate of drug-likeness (QED) is 0.543. The molecule has 0 atom stereocenters. The Bertz CT molecular complexity index is 234. The predicted molar refractivity (Wildman–Crippen MR) is 47.0 cm³/mol. The number of hydrogen-bond donors (Lipinski definition) is 1. The van der Waals surface area contributed by atoms with Gasteiger partial charge in [0.2, 0.25) is 0 Å². The molecule has 8 heavy (non-hydrogen) atoms. The predicted octanol–water partition coefficient (Wildman–Crippen LogP) is 0.423. The van der Waals surface area contributed by atoms with Crippen LogP contribution in [0.25, 0.3) is 0 Å². The van der Waals surface area contributed by atoms with Gasteiger partial charge in [0, 0.05) is 11.6 Å². The molecule has 0 unspecified atom stereocenters. The highest BCUT2D eigenvalue weighted by Gasteiger charge is 2.08. The maximum Gasteiger partial charge on any atom is 0.149 e. The van der Waals surface area contributed by atoms with Gasteiger partial charge in [-0.3, -0.25) is 0 Å². The molecule has 0 aliphatic carbocycles. The van der Waals surface area contributed by atoms with Crippen LogP contribution < -0.4 is 5.32 Å². The Hall–Kier alpha value is 0.420. The third-order valence-corrected chi connectivity index (χ3v) is 5.04. The summed E-state index contributed by atoms with van der Waals surface area (Å²) in [4.78, 5) is 0. The smallest absolute Gasteiger partial charge is 0.149 e. The Morgan fingerprint density at radius 2 is 2.12 bits per heavy atom. The maximum atomic E-state index is 4.94. The first-order valence-electron chi connectivity index (χ1n) is 1.85. The SMILES string of the molecule is S=C1NC=CS1(=S)=S. The summed E-state index contributed by atoms with van der Waals surface area (Å²) in [5.74, 6) is 0. The zero-order chi connectivity index (χ0) is 6.20. The van der Waals surface area contributed by atoms with E-state index in [1.165, 1.54) is 0 Å². The van der Waals surface area contributed by atoms with Gasteiger partial charge in [-0.25, -0.2) is 0 Å². The molecule has 0 saturated carbocycles. The molecule has 1 heterocycles. The van der Waals surface area contributed by atoms with Crippen LogP contribution in [0.3, 0.4) is 0 Å². The average Bonchev–Trinajstić information content (AvgIpc) is 1.86. The van der Waals surface area contributed by atoms with Crippen molar-refractivity contribution in [2.45, 2.75) is 0 Å². The lowest BCUT2D eigenvalue weighted by molar-refractivity contribution is 1.37. The average molecular weight is 181 g/mol. The lowest BCUT2D eigenvalue weighted by Crippen LogP contribution is -2.13. The third-order valence-electron chi connectivity index (χ3n) is 0.707. The van der Waals surface area contributed by atoms with Gasteiger partial charge in [0.1, 0.15) is 4.32 Å². The van der Waals surface area contributed by atoms with E-state index >= 15 is 0 Å². The van der Waals surface area contributed by atoms with Crippen LogP contribution in [-0.2, 0) is 29.5 Å². The van der Waals surface area contributed by atoms with Gasteiger partial charge in [-0.15, -0.1) is 0 Å². The van der Waals surface area contributed by atoms with Crippen molar-refractivity contribution in [2.75, 3.05) is 0 Å². The molecule has 0 bridgehead atoms. The monoisotopic (exact) mass is 181 g/mol. The third kappa shape index (κ3) is 1.05. The van der Waals surface area contributed by atoms with Gasteiger partial charge < -0.3 is 5.32 Å². The maximum absolute atomic E-state index is 4.94. The lowest BCUT2D eigenvalue weighted by Gasteiger charge is -1.93. The molecular formula is C3H3NS4. The molecule has 0 aromatic heterocycles. The van der Waals surface area contributed by atoms with E-state index in [0.717, 1.165) is 0 Å². The van der Waals surface area contributed by atoms with E-state index in [-0.39, 0.29) is 0 Å². The van der Waals surface area contributed by atoms with Crippen molar-refractivity contribution >= 4 is 46.1 Å². The van der Waals surface area contributed by atoms with E-state index in [1.54, 1.807) is 11.6 Å². The molecule has 1 N–H and O–H groups in total. The van der Waals surface area contributed by atoms with Crippen LogP contribution in [0.1, 0.15) is 0 Å². The highest BCUT2D eigenvalue weighted by atomic mass is 33.1. The van der Waals surface area contributed by atoms with Crippen LogP contribution in [0, 0.1) is 0 Å². The summed E-state index contributed by atoms with van der Waals surface area (Å²) in [6, 6.07) is 0. The van der Waals surface area contributed by atoms with Crippen LogP contribution in [-0.4, -0.2) is 4.32 Å². The minimum absolute atomic E-state index is 0.627. The fourth-order valence-electron chi connectivity index (χ4n) is 0.336. The van der Waals surface area contributed by atoms with Gasteiger partial charge in [0.05, 0.1) is 0 Å². The molecular weight excluding hydrogens is 178 g/mol. The van der Waals surface area contributed by atoms with Crippen LogP contribution in [0.15, 0.2) is 11.6 Å². The Morgan fingerprint density at radius 1 is 1.50 bits per heavy atom. The summed E-state index contributed by atoms with van der Waals surface area (Å²) in [5, 5.41) is 4.57. The zero-order valence-electron chi connectivity index (χ0n) is 3.79. The molecule has 0 radical (unpaired) electrons. The van der Waals surface area contributed by atoms with Crippen molar-refractivity contribution in [3.05, 3.63) is 11.6 Å². The second kappa shape index (κ2) is 1.98. The highest BCUT2D eigenvalue weighted by Crippen LogP contribution is 2.02. The number of rotatable bonds is 0. The van der Waals surface area contributed by atoms with E-state index < -0.39 is 7.15 Å². The molecule has 0 amide bonds. The second-order valence-electron chi connectivity index (χ2n) is 1.28. The Kier molecular flexibility index (Phi) is 1.62. The van der Waals surface area contributed by atoms with Crippen molar-refractivity contribution < 1.29 is 0 Å². The summed E-state index contributed by atoms with van der Waals surface area (Å²) in [7, 11) is -1.52. The summed E-state index contributed by atoms with van der Waals surface area (Å²) in [6.07, 6.45) is 1.72. The second-order valence-corrected chi connectivity index (χ2v) is 7.50. The summed E-state index contributed by atoms with van der Waals surface area (Å²) >= 11 is 14.7. The van der Waals surface area contributed by atoms with Crippen LogP contribution >= 0.6 is 12.2 Å². The molecule has 44 valence electrons. The van der Waals surface area contributed by atoms with Gasteiger partial charge in [-0.2, -0.15) is 0 Å². The van der Waals surface area contributed by atoms with E-state index in [9.17, 15) is 0 Å². The molecule has 0 aromatic rings. The summed E-state index contributed by atoms with van der Waals surface area (Å²) < 4.78 is 0.627. The molecule has 5 heteroatoms. The minimum Gasteiger partial charge on any atom is -0.346 e. The first-order chi connectivity index (χ1) is 3.63. The molecule has 1 rings (SSSR count). The fraction of sp³-hybridized carbons (Fsp3) is 0. The van der Waals surface area contributed by atoms with Gasteiger partial charge in [0.15, 0.2) is 0 Å². The first-order valence-corrected chi connectivity index (χ1v) is 5.80. The van der Waals surface area contributed by atoms with E-state index in [2.05, 4.69) is 5.32 Å². The Labute approximate surface area is 63.0 Å². The zero-order valence-corrected chi connectivity index (χ0v) is 7.05. The topological polar surface area (TPSA) is 12.0 Å². The fourth-order valence-corrected chi connectivity index (χ4v) is 1.80. The minimum atomic E-state index is -1.52. The van der Waals surface area contributed by atoms with E-state index in [4.69, 9.17) is 34.6 Å². The highest BCUT2D eigenvalue weighted by molar-refractivity contribution is 8.67. The van der Waals surface area contributed by atoms with Gasteiger partial charge in [0.25, 0.3) is 0 Å². The van der Waals surface area contributed by atoms with Crippen molar-refractivity contribution in [3.63, 3.8) is 0 Å². The van der Waals surface area contributed by atoms with Crippen LogP contribution in [0.5, 0.6) is 0 Å². The van der Waals surface area contributed by atoms with Crippen LogP contribution in [0.2, 0.25) is 0 Å². The summed E-state index contributed by atoms with van der Waals surface area (Å²) in [6.45, 7) is 0. The molecule has 0 fully saturated rings. The molecule has 0 spiro atoms. The molecule has 1 aliphatic heterocycles. The molecule has 0 aromatic carbocycles. The molecule has 0 saturated heterocycles. The molecule has 1 aliphatic rings. The molecule has 1 nitrogen and oxygen atoms in total. The number of nitrogens with one attached hydrogen (secondary N) is 1. The van der Waals surface area contributed by atoms with Crippen LogP contribution in [0.4, 0.5) is 0 Å². The standard InChI is InChI=1S/C3H3NS4/c5-3-4-1-2-8(3,6)7/h1-2H,(H,4,5). The van der Waals surface area contributed by atoms with Crippen molar-refractivity contribution in [2.24, 2.45) is 0 Å². The van der Waals surface area contributed by atoms with Crippen molar-refractivity contribution in [1.82, 2.24) is 5.32 Å². The first kappa shape index (κ1) is 6.54. The Balaban J connectivity index is 3.19. The summed E-state index contributed by atoms with van der Waals surface area (Å²) in [5.41, 5.74) is 0. The van der Waals surface area contributed by atoms with E-state index in [1.807, 2.05) is 0 Å². The van der Waals surface area contributed by atoms with Gasteiger partial charge in [-0.1, -0.05) is 12.2 Å². The number of thiocarbonyl (C=S) groups is 1. The normalized spacial score (nSPS) is 23.2. The van der Waals surface area contributed by atoms with Crippen molar-refractivity contribution in [1.29, 1.82) is 0 Å². The largest absolute Gasteiger partial charge is 0.346 e. The Morgan fingerprint density at radius 3 is 2.25 bits per heavy atom. The lowest BCUT2D eigenvalue weighted by atomic mass is 11.0. The van der Waals surface area contributed by atoms with Crippen molar-refractivity contribution in [3.8, 4) is 0 Å². The number of hydrogen-bond acceptors (Lipinski definition) is 3. The van der Waals surface area contributed by atoms with Gasteiger partial charge >= 0.3 is 0 Å². The van der Waals surface area contributed by atoms with E-state index in [0.29, 0.717) is 4.32 Å². The van der Waals surface area contributed by atoms with Gasteiger partial charge in [-0.05, 0) is 29.5 Å².